The predicted molar refractivity (Wildman–Crippen MR) is 93.2 cm³/mol. The fraction of sp³-hybridized carbons (Fsp3) is 0.400. The van der Waals surface area contributed by atoms with Crippen molar-refractivity contribution in [1.29, 1.82) is 0 Å². The van der Waals surface area contributed by atoms with Crippen LogP contribution in [0.2, 0.25) is 0 Å². The minimum atomic E-state index is 0.418. The number of phenols is 1. The van der Waals surface area contributed by atoms with Gasteiger partial charge in [-0.2, -0.15) is 0 Å². The summed E-state index contributed by atoms with van der Waals surface area (Å²) in [5.41, 5.74) is 4.79. The largest absolute Gasteiger partial charge is 0.508 e. The predicted octanol–water partition coefficient (Wildman–Crippen LogP) is 4.01. The fourth-order valence-electron chi connectivity index (χ4n) is 3.35. The Hall–Kier alpha value is -2.00. The van der Waals surface area contributed by atoms with E-state index in [4.69, 9.17) is 4.74 Å². The maximum Gasteiger partial charge on any atom is 0.120 e. The van der Waals surface area contributed by atoms with Crippen molar-refractivity contribution in [3.05, 3.63) is 58.7 Å². The van der Waals surface area contributed by atoms with E-state index in [1.165, 1.54) is 11.1 Å². The minimum absolute atomic E-state index is 0.418. The Labute approximate surface area is 138 Å². The molecule has 122 valence electrons. The lowest BCUT2D eigenvalue weighted by atomic mass is 9.98. The van der Waals surface area contributed by atoms with Gasteiger partial charge in [-0.3, -0.25) is 4.90 Å². The van der Waals surface area contributed by atoms with Crippen LogP contribution in [0.4, 0.5) is 0 Å². The molecule has 3 rings (SSSR count). The van der Waals surface area contributed by atoms with E-state index in [0.29, 0.717) is 11.7 Å². The van der Waals surface area contributed by atoms with E-state index in [2.05, 4.69) is 30.0 Å². The Morgan fingerprint density at radius 1 is 1.13 bits per heavy atom. The third kappa shape index (κ3) is 3.50. The molecule has 0 saturated carbocycles. The molecule has 1 aliphatic rings. The molecule has 3 nitrogen and oxygen atoms in total. The number of ether oxygens (including phenoxy) is 1. The van der Waals surface area contributed by atoms with Crippen LogP contribution in [0, 0.1) is 13.8 Å². The Morgan fingerprint density at radius 3 is 2.52 bits per heavy atom. The van der Waals surface area contributed by atoms with Crippen molar-refractivity contribution in [1.82, 2.24) is 4.90 Å². The Balaban J connectivity index is 1.66. The van der Waals surface area contributed by atoms with Gasteiger partial charge in [0.15, 0.2) is 0 Å². The van der Waals surface area contributed by atoms with E-state index in [9.17, 15) is 5.11 Å². The van der Waals surface area contributed by atoms with Crippen molar-refractivity contribution in [2.24, 2.45) is 0 Å². The number of likely N-dealkylation sites (tertiary alicyclic amines) is 1. The van der Waals surface area contributed by atoms with E-state index in [1.54, 1.807) is 7.11 Å². The van der Waals surface area contributed by atoms with Gasteiger partial charge in [-0.25, -0.2) is 0 Å². The van der Waals surface area contributed by atoms with Crippen LogP contribution in [0.25, 0.3) is 0 Å². The molecule has 0 aliphatic carbocycles. The molecule has 23 heavy (non-hydrogen) atoms. The number of rotatable bonds is 4. The first kappa shape index (κ1) is 15.9. The van der Waals surface area contributed by atoms with Crippen LogP contribution in [0.5, 0.6) is 11.5 Å². The lowest BCUT2D eigenvalue weighted by Gasteiger charge is -2.18. The van der Waals surface area contributed by atoms with Crippen molar-refractivity contribution in [3.8, 4) is 11.5 Å². The molecule has 1 heterocycles. The first-order valence-electron chi connectivity index (χ1n) is 8.22. The van der Waals surface area contributed by atoms with E-state index in [1.807, 2.05) is 25.1 Å². The molecular weight excluding hydrogens is 286 g/mol. The summed E-state index contributed by atoms with van der Waals surface area (Å²) >= 11 is 0. The van der Waals surface area contributed by atoms with Crippen LogP contribution in [0.3, 0.4) is 0 Å². The zero-order chi connectivity index (χ0) is 16.4. The lowest BCUT2D eigenvalue weighted by molar-refractivity contribution is 0.320. The summed E-state index contributed by atoms with van der Waals surface area (Å²) in [4.78, 5) is 2.43. The number of methoxy groups -OCH3 is 1. The Morgan fingerprint density at radius 2 is 1.83 bits per heavy atom. The molecule has 0 aromatic heterocycles. The molecule has 2 aromatic carbocycles. The second-order valence-electron chi connectivity index (χ2n) is 6.56. The van der Waals surface area contributed by atoms with Gasteiger partial charge < -0.3 is 9.84 Å². The summed E-state index contributed by atoms with van der Waals surface area (Å²) in [6, 6.07) is 12.4. The van der Waals surface area contributed by atoms with Gasteiger partial charge in [-0.05, 0) is 67.6 Å². The first-order valence-corrected chi connectivity index (χ1v) is 8.22. The summed E-state index contributed by atoms with van der Waals surface area (Å²) in [7, 11) is 1.70. The average Bonchev–Trinajstić information content (AvgIpc) is 3.01. The van der Waals surface area contributed by atoms with Crippen molar-refractivity contribution >= 4 is 0 Å². The van der Waals surface area contributed by atoms with E-state index in [0.717, 1.165) is 42.9 Å². The molecule has 1 atom stereocenters. The van der Waals surface area contributed by atoms with Crippen molar-refractivity contribution in [3.63, 3.8) is 0 Å². The number of aromatic hydroxyl groups is 1. The summed E-state index contributed by atoms with van der Waals surface area (Å²) in [6.45, 7) is 7.07. The normalized spacial score (nSPS) is 18.3. The summed E-state index contributed by atoms with van der Waals surface area (Å²) in [6.07, 6.45) is 1.16. The van der Waals surface area contributed by atoms with Gasteiger partial charge in [-0.15, -0.1) is 0 Å². The molecule has 0 spiro atoms. The highest BCUT2D eigenvalue weighted by Gasteiger charge is 2.24. The Bertz CT molecular complexity index is 679. The highest BCUT2D eigenvalue weighted by Crippen LogP contribution is 2.31. The second-order valence-corrected chi connectivity index (χ2v) is 6.56. The van der Waals surface area contributed by atoms with Gasteiger partial charge in [0.05, 0.1) is 7.11 Å². The SMILES string of the molecule is COc1ccc([C@H]2CCN(Cc3cc(C)c(C)cc3O)C2)cc1. The number of hydrogen-bond donors (Lipinski definition) is 1. The van der Waals surface area contributed by atoms with Crippen LogP contribution in [-0.4, -0.2) is 30.2 Å². The number of aryl methyl sites for hydroxylation is 2. The summed E-state index contributed by atoms with van der Waals surface area (Å²) in [5, 5.41) is 10.2. The monoisotopic (exact) mass is 311 g/mol. The molecule has 1 fully saturated rings. The van der Waals surface area contributed by atoms with E-state index in [-0.39, 0.29) is 0 Å². The molecule has 0 amide bonds. The summed E-state index contributed by atoms with van der Waals surface area (Å²) in [5.74, 6) is 1.89. The molecule has 2 aromatic rings. The number of nitrogens with zero attached hydrogens (tertiary/aromatic N) is 1. The topological polar surface area (TPSA) is 32.7 Å². The van der Waals surface area contributed by atoms with Crippen LogP contribution < -0.4 is 4.74 Å². The standard InChI is InChI=1S/C20H25NO2/c1-14-10-18(20(22)11-15(14)2)13-21-9-8-17(12-21)16-4-6-19(23-3)7-5-16/h4-7,10-11,17,22H,8-9,12-13H2,1-3H3/t17-/m0/s1. The third-order valence-corrected chi connectivity index (χ3v) is 4.95. The Kier molecular flexibility index (Phi) is 4.58. The number of hydrogen-bond acceptors (Lipinski definition) is 3. The molecule has 1 saturated heterocycles. The first-order chi connectivity index (χ1) is 11.1. The highest BCUT2D eigenvalue weighted by atomic mass is 16.5. The van der Waals surface area contributed by atoms with Gasteiger partial charge in [-0.1, -0.05) is 18.2 Å². The fourth-order valence-corrected chi connectivity index (χ4v) is 3.35. The maximum atomic E-state index is 10.2. The minimum Gasteiger partial charge on any atom is -0.508 e. The van der Waals surface area contributed by atoms with Crippen LogP contribution in [-0.2, 0) is 6.54 Å². The molecule has 0 unspecified atom stereocenters. The molecule has 0 bridgehead atoms. The van der Waals surface area contributed by atoms with Gasteiger partial charge >= 0.3 is 0 Å². The molecular formula is C20H25NO2. The molecule has 0 radical (unpaired) electrons. The van der Waals surface area contributed by atoms with Gasteiger partial charge in [0.2, 0.25) is 0 Å². The zero-order valence-corrected chi connectivity index (χ0v) is 14.2. The van der Waals surface area contributed by atoms with Crippen molar-refractivity contribution in [2.75, 3.05) is 20.2 Å². The van der Waals surface area contributed by atoms with Gasteiger partial charge in [0.25, 0.3) is 0 Å². The zero-order valence-electron chi connectivity index (χ0n) is 14.2. The van der Waals surface area contributed by atoms with Gasteiger partial charge in [0, 0.05) is 18.7 Å². The van der Waals surface area contributed by atoms with Crippen molar-refractivity contribution in [2.45, 2.75) is 32.7 Å². The molecule has 1 aliphatic heterocycles. The quantitative estimate of drug-likeness (QED) is 0.926. The van der Waals surface area contributed by atoms with Crippen LogP contribution in [0.15, 0.2) is 36.4 Å². The maximum absolute atomic E-state index is 10.2. The second kappa shape index (κ2) is 6.63. The van der Waals surface area contributed by atoms with Gasteiger partial charge in [0.1, 0.15) is 11.5 Å². The lowest BCUT2D eigenvalue weighted by Crippen LogP contribution is -2.20. The molecule has 3 heteroatoms. The van der Waals surface area contributed by atoms with Crippen LogP contribution >= 0.6 is 0 Å². The van der Waals surface area contributed by atoms with E-state index < -0.39 is 0 Å². The summed E-state index contributed by atoms with van der Waals surface area (Å²) < 4.78 is 5.23. The highest BCUT2D eigenvalue weighted by molar-refractivity contribution is 5.41. The number of phenolic OH excluding ortho intramolecular Hbond substituents is 1. The van der Waals surface area contributed by atoms with Crippen molar-refractivity contribution < 1.29 is 9.84 Å². The van der Waals surface area contributed by atoms with Crippen LogP contribution in [0.1, 0.15) is 34.6 Å². The average molecular weight is 311 g/mol. The molecule has 1 N–H and O–H groups in total. The third-order valence-electron chi connectivity index (χ3n) is 4.95. The number of benzene rings is 2. The van der Waals surface area contributed by atoms with E-state index >= 15 is 0 Å². The smallest absolute Gasteiger partial charge is 0.120 e.